The Labute approximate surface area is 183 Å². The van der Waals surface area contributed by atoms with Crippen molar-refractivity contribution in [1.82, 2.24) is 9.55 Å². The number of non-ortho nitro benzene ring substituents is 1. The first-order chi connectivity index (χ1) is 15.5. The van der Waals surface area contributed by atoms with Crippen LogP contribution < -0.4 is 4.90 Å². The van der Waals surface area contributed by atoms with E-state index in [0.717, 1.165) is 5.52 Å². The van der Waals surface area contributed by atoms with Crippen LogP contribution in [-0.4, -0.2) is 53.2 Å². The van der Waals surface area contributed by atoms with Gasteiger partial charge in [0.1, 0.15) is 0 Å². The molecule has 0 fully saturated rings. The lowest BCUT2D eigenvalue weighted by Gasteiger charge is -2.37. The van der Waals surface area contributed by atoms with Gasteiger partial charge in [-0.25, -0.2) is 4.98 Å². The first kappa shape index (κ1) is 21.4. The second-order valence-electron chi connectivity index (χ2n) is 7.28. The number of rotatable bonds is 7. The van der Waals surface area contributed by atoms with Gasteiger partial charge >= 0.3 is 5.97 Å². The van der Waals surface area contributed by atoms with Gasteiger partial charge in [0.2, 0.25) is 11.9 Å². The molecule has 0 aliphatic carbocycles. The van der Waals surface area contributed by atoms with E-state index in [1.807, 2.05) is 28.8 Å². The van der Waals surface area contributed by atoms with Crippen LogP contribution in [0.4, 0.5) is 11.6 Å². The monoisotopic (exact) mass is 438 g/mol. The fourth-order valence-electron chi connectivity index (χ4n) is 4.04. The van der Waals surface area contributed by atoms with E-state index in [0.29, 0.717) is 17.0 Å². The zero-order valence-corrected chi connectivity index (χ0v) is 17.6. The Morgan fingerprint density at radius 2 is 1.91 bits per heavy atom. The molecule has 1 amide bonds. The molecule has 0 unspecified atom stereocenters. The van der Waals surface area contributed by atoms with Crippen LogP contribution in [0.3, 0.4) is 0 Å². The average molecular weight is 438 g/mol. The molecule has 0 N–H and O–H groups in total. The fourth-order valence-corrected chi connectivity index (χ4v) is 4.04. The van der Waals surface area contributed by atoms with Crippen LogP contribution in [0.1, 0.15) is 18.5 Å². The van der Waals surface area contributed by atoms with Crippen LogP contribution in [0.15, 0.2) is 48.5 Å². The molecule has 2 heterocycles. The van der Waals surface area contributed by atoms with E-state index in [9.17, 15) is 19.7 Å². The van der Waals surface area contributed by atoms with Crippen molar-refractivity contribution in [3.8, 4) is 0 Å². The molecule has 10 nitrogen and oxygen atoms in total. The lowest BCUT2D eigenvalue weighted by atomic mass is 9.89. The van der Waals surface area contributed by atoms with Crippen molar-refractivity contribution >= 4 is 34.5 Å². The number of benzene rings is 2. The predicted molar refractivity (Wildman–Crippen MR) is 115 cm³/mol. The molecule has 2 atom stereocenters. The summed E-state index contributed by atoms with van der Waals surface area (Å²) in [6, 6.07) is 12.4. The number of ether oxygens (including phenoxy) is 2. The largest absolute Gasteiger partial charge is 0.465 e. The minimum absolute atomic E-state index is 0.0824. The number of para-hydroxylation sites is 2. The van der Waals surface area contributed by atoms with E-state index in [2.05, 4.69) is 4.98 Å². The summed E-state index contributed by atoms with van der Waals surface area (Å²) in [6.07, 6.45) is 0. The van der Waals surface area contributed by atoms with Gasteiger partial charge in [-0.2, -0.15) is 0 Å². The normalized spacial score (nSPS) is 17.9. The van der Waals surface area contributed by atoms with Gasteiger partial charge in [-0.05, 0) is 24.6 Å². The maximum Gasteiger partial charge on any atom is 0.321 e. The Bertz CT molecular complexity index is 1170. The zero-order valence-electron chi connectivity index (χ0n) is 17.6. The van der Waals surface area contributed by atoms with Crippen LogP contribution >= 0.6 is 0 Å². The summed E-state index contributed by atoms with van der Waals surface area (Å²) in [4.78, 5) is 43.3. The van der Waals surface area contributed by atoms with Gasteiger partial charge in [0.25, 0.3) is 5.69 Å². The zero-order chi connectivity index (χ0) is 22.8. The van der Waals surface area contributed by atoms with E-state index >= 15 is 0 Å². The first-order valence-electron chi connectivity index (χ1n) is 10.2. The van der Waals surface area contributed by atoms with Crippen molar-refractivity contribution < 1.29 is 24.0 Å². The number of amides is 1. The van der Waals surface area contributed by atoms with Crippen LogP contribution in [0.25, 0.3) is 11.0 Å². The highest BCUT2D eigenvalue weighted by Crippen LogP contribution is 2.41. The molecule has 1 aliphatic rings. The van der Waals surface area contributed by atoms with Gasteiger partial charge in [-0.3, -0.25) is 24.6 Å². The number of fused-ring (bicyclic) bond motifs is 3. The third-order valence-corrected chi connectivity index (χ3v) is 5.45. The van der Waals surface area contributed by atoms with Gasteiger partial charge < -0.3 is 14.0 Å². The molecule has 0 radical (unpaired) electrons. The Morgan fingerprint density at radius 3 is 2.56 bits per heavy atom. The number of nitrogens with zero attached hydrogens (tertiary/aromatic N) is 4. The van der Waals surface area contributed by atoms with E-state index in [1.54, 1.807) is 19.1 Å². The Balaban J connectivity index is 1.95. The van der Waals surface area contributed by atoms with Crippen molar-refractivity contribution in [2.75, 3.05) is 31.8 Å². The number of aromatic nitrogens is 2. The smallest absolute Gasteiger partial charge is 0.321 e. The third kappa shape index (κ3) is 3.58. The number of esters is 1. The number of nitro groups is 1. The molecule has 0 spiro atoms. The molecule has 0 saturated heterocycles. The SMILES string of the molecule is CCOC(=O)[C@H]1C(=O)N(CCOC)c2nc3ccccc3n2[C@H]1c1ccc([N+](=O)[O-])cc1. The average Bonchev–Trinajstić information content (AvgIpc) is 3.17. The molecular formula is C22H22N4O6. The summed E-state index contributed by atoms with van der Waals surface area (Å²) in [5.41, 5.74) is 1.88. The van der Waals surface area contributed by atoms with E-state index in [-0.39, 0.29) is 25.4 Å². The van der Waals surface area contributed by atoms with Gasteiger partial charge in [0.05, 0.1) is 41.8 Å². The number of methoxy groups -OCH3 is 1. The molecule has 166 valence electrons. The predicted octanol–water partition coefficient (Wildman–Crippen LogP) is 2.71. The van der Waals surface area contributed by atoms with Crippen molar-refractivity contribution in [3.63, 3.8) is 0 Å². The summed E-state index contributed by atoms with van der Waals surface area (Å²) in [5.74, 6) is -1.91. The lowest BCUT2D eigenvalue weighted by molar-refractivity contribution is -0.384. The molecule has 10 heteroatoms. The highest BCUT2D eigenvalue weighted by molar-refractivity contribution is 6.08. The summed E-state index contributed by atoms with van der Waals surface area (Å²) >= 11 is 0. The van der Waals surface area contributed by atoms with Crippen molar-refractivity contribution in [1.29, 1.82) is 0 Å². The van der Waals surface area contributed by atoms with Crippen LogP contribution in [0.5, 0.6) is 0 Å². The van der Waals surface area contributed by atoms with Gasteiger partial charge in [-0.1, -0.05) is 24.3 Å². The number of nitro benzene ring substituents is 1. The Hall–Kier alpha value is -3.79. The molecule has 1 aromatic heterocycles. The quantitative estimate of drug-likeness (QED) is 0.241. The summed E-state index contributed by atoms with van der Waals surface area (Å²) in [7, 11) is 1.53. The minimum atomic E-state index is -1.18. The van der Waals surface area contributed by atoms with Gasteiger partial charge in [-0.15, -0.1) is 0 Å². The number of hydrogen-bond acceptors (Lipinski definition) is 7. The highest BCUT2D eigenvalue weighted by Gasteiger charge is 2.47. The highest BCUT2D eigenvalue weighted by atomic mass is 16.6. The maximum atomic E-state index is 13.6. The van der Waals surface area contributed by atoms with Gasteiger partial charge in [0.15, 0.2) is 5.92 Å². The van der Waals surface area contributed by atoms with Crippen LogP contribution in [0.2, 0.25) is 0 Å². The Kier molecular flexibility index (Phi) is 5.87. The molecule has 0 saturated carbocycles. The number of anilines is 1. The summed E-state index contributed by atoms with van der Waals surface area (Å²) in [6.45, 7) is 2.26. The third-order valence-electron chi connectivity index (χ3n) is 5.45. The second-order valence-corrected chi connectivity index (χ2v) is 7.28. The Morgan fingerprint density at radius 1 is 1.19 bits per heavy atom. The number of carbonyl (C=O) groups is 2. The molecule has 0 bridgehead atoms. The summed E-state index contributed by atoms with van der Waals surface area (Å²) < 4.78 is 12.3. The number of imidazole rings is 1. The molecular weight excluding hydrogens is 416 g/mol. The molecule has 3 aromatic rings. The first-order valence-corrected chi connectivity index (χ1v) is 10.2. The molecule has 4 rings (SSSR count). The van der Waals surface area contributed by atoms with Crippen molar-refractivity contribution in [3.05, 3.63) is 64.2 Å². The molecule has 32 heavy (non-hydrogen) atoms. The van der Waals surface area contributed by atoms with E-state index < -0.39 is 28.8 Å². The molecule has 1 aliphatic heterocycles. The topological polar surface area (TPSA) is 117 Å². The minimum Gasteiger partial charge on any atom is -0.465 e. The van der Waals surface area contributed by atoms with Crippen LogP contribution in [-0.2, 0) is 19.1 Å². The lowest BCUT2D eigenvalue weighted by Crippen LogP contribution is -2.51. The summed E-state index contributed by atoms with van der Waals surface area (Å²) in [5, 5.41) is 11.1. The van der Waals surface area contributed by atoms with Crippen molar-refractivity contribution in [2.24, 2.45) is 5.92 Å². The number of carbonyl (C=O) groups excluding carboxylic acids is 2. The van der Waals surface area contributed by atoms with E-state index in [1.165, 1.54) is 24.1 Å². The molecule has 2 aromatic carbocycles. The van der Waals surface area contributed by atoms with Crippen LogP contribution in [0, 0.1) is 16.0 Å². The van der Waals surface area contributed by atoms with Gasteiger partial charge in [0, 0.05) is 19.2 Å². The van der Waals surface area contributed by atoms with E-state index in [4.69, 9.17) is 9.47 Å². The number of hydrogen-bond donors (Lipinski definition) is 0. The van der Waals surface area contributed by atoms with Crippen molar-refractivity contribution in [2.45, 2.75) is 13.0 Å². The standard InChI is InChI=1S/C22H22N4O6/c1-3-32-21(28)18-19(14-8-10-15(11-9-14)26(29)30)25-17-7-5-4-6-16(17)23-22(25)24(20(18)27)12-13-31-2/h4-11,18-19H,3,12-13H2,1-2H3/t18-,19+/m1/s1. The maximum absolute atomic E-state index is 13.6. The fraction of sp³-hybridized carbons (Fsp3) is 0.318. The second kappa shape index (κ2) is 8.75.